The minimum atomic E-state index is -0.322. The molecule has 28 heavy (non-hydrogen) atoms. The largest absolute Gasteiger partial charge is 0.493 e. The first-order valence-electron chi connectivity index (χ1n) is 9.22. The summed E-state index contributed by atoms with van der Waals surface area (Å²) in [6, 6.07) is 10.3. The third-order valence-corrected chi connectivity index (χ3v) is 6.09. The summed E-state index contributed by atoms with van der Waals surface area (Å²) in [5.41, 5.74) is 11.0. The number of nitrogens with zero attached hydrogens (tertiary/aromatic N) is 1. The van der Waals surface area contributed by atoms with Crippen LogP contribution < -0.4 is 19.9 Å². The molecule has 0 radical (unpaired) electrons. The number of ether oxygens (including phenoxy) is 3. The van der Waals surface area contributed by atoms with Crippen LogP contribution in [0.3, 0.4) is 0 Å². The molecule has 2 aromatic carbocycles. The molecule has 0 amide bonds. The van der Waals surface area contributed by atoms with Crippen LogP contribution in [0.15, 0.2) is 40.2 Å². The summed E-state index contributed by atoms with van der Waals surface area (Å²) < 4.78 is 17.7. The lowest BCUT2D eigenvalue weighted by molar-refractivity contribution is 0.352. The summed E-state index contributed by atoms with van der Waals surface area (Å²) in [6.45, 7) is 0. The van der Waals surface area contributed by atoms with Crippen LogP contribution in [0.1, 0.15) is 41.0 Å². The molecule has 0 saturated heterocycles. The minimum absolute atomic E-state index is 0.171. The van der Waals surface area contributed by atoms with Crippen LogP contribution in [-0.2, 0) is 12.8 Å². The molecule has 0 bridgehead atoms. The molecule has 5 nitrogen and oxygen atoms in total. The van der Waals surface area contributed by atoms with Crippen LogP contribution in [0.25, 0.3) is 0 Å². The molecule has 4 rings (SSSR count). The number of hydrogen-bond acceptors (Lipinski definition) is 5. The number of nitrogens with two attached hydrogens (primary N) is 1. The van der Waals surface area contributed by atoms with Crippen LogP contribution >= 0.6 is 15.9 Å². The van der Waals surface area contributed by atoms with Gasteiger partial charge in [0, 0.05) is 5.56 Å². The van der Waals surface area contributed by atoms with E-state index in [1.807, 2.05) is 12.1 Å². The molecule has 6 heteroatoms. The zero-order valence-corrected chi connectivity index (χ0v) is 17.4. The van der Waals surface area contributed by atoms with E-state index in [2.05, 4.69) is 34.1 Å². The van der Waals surface area contributed by atoms with E-state index in [0.717, 1.165) is 40.6 Å². The van der Waals surface area contributed by atoms with Crippen LogP contribution in [-0.4, -0.2) is 14.2 Å². The van der Waals surface area contributed by atoms with Crippen molar-refractivity contribution in [1.82, 2.24) is 0 Å². The van der Waals surface area contributed by atoms with Crippen molar-refractivity contribution in [3.8, 4) is 23.3 Å². The number of allylic oxidation sites excluding steroid dienone is 1. The van der Waals surface area contributed by atoms with Crippen LogP contribution in [0.2, 0.25) is 0 Å². The maximum absolute atomic E-state index is 9.82. The maximum atomic E-state index is 9.82. The quantitative estimate of drug-likeness (QED) is 0.756. The summed E-state index contributed by atoms with van der Waals surface area (Å²) in [4.78, 5) is 0. The Morgan fingerprint density at radius 2 is 1.96 bits per heavy atom. The summed E-state index contributed by atoms with van der Waals surface area (Å²) in [7, 11) is 3.19. The zero-order chi connectivity index (χ0) is 19.8. The van der Waals surface area contributed by atoms with Crippen LogP contribution in [0.5, 0.6) is 17.2 Å². The van der Waals surface area contributed by atoms with Gasteiger partial charge in [-0.15, -0.1) is 0 Å². The third-order valence-electron chi connectivity index (χ3n) is 5.50. The minimum Gasteiger partial charge on any atom is -0.493 e. The molecule has 0 aromatic heterocycles. The highest BCUT2D eigenvalue weighted by Gasteiger charge is 2.34. The molecule has 1 atom stereocenters. The monoisotopic (exact) mass is 440 g/mol. The number of fused-ring (bicyclic) bond motifs is 3. The van der Waals surface area contributed by atoms with Crippen molar-refractivity contribution in [1.29, 1.82) is 5.26 Å². The van der Waals surface area contributed by atoms with Gasteiger partial charge < -0.3 is 19.9 Å². The highest BCUT2D eigenvalue weighted by molar-refractivity contribution is 9.10. The van der Waals surface area contributed by atoms with Crippen LogP contribution in [0.4, 0.5) is 0 Å². The van der Waals surface area contributed by atoms with Crippen molar-refractivity contribution in [2.45, 2.75) is 31.6 Å². The predicted molar refractivity (Wildman–Crippen MR) is 110 cm³/mol. The smallest absolute Gasteiger partial charge is 0.205 e. The fraction of sp³-hybridized carbons (Fsp3) is 0.318. The first-order chi connectivity index (χ1) is 13.6. The number of nitriles is 1. The third kappa shape index (κ3) is 2.91. The highest BCUT2D eigenvalue weighted by Crippen LogP contribution is 2.48. The number of methoxy groups -OCH3 is 2. The Bertz CT molecular complexity index is 1020. The Labute approximate surface area is 172 Å². The van der Waals surface area contributed by atoms with E-state index in [-0.39, 0.29) is 11.8 Å². The first kappa shape index (κ1) is 18.7. The molecule has 2 aromatic rings. The lowest BCUT2D eigenvalue weighted by Crippen LogP contribution is -2.23. The van der Waals surface area contributed by atoms with Gasteiger partial charge in [0.1, 0.15) is 17.4 Å². The van der Waals surface area contributed by atoms with Crippen molar-refractivity contribution in [2.75, 3.05) is 14.2 Å². The van der Waals surface area contributed by atoms with E-state index < -0.39 is 0 Å². The molecule has 1 aliphatic heterocycles. The van der Waals surface area contributed by atoms with E-state index in [1.54, 1.807) is 14.2 Å². The van der Waals surface area contributed by atoms with E-state index in [1.165, 1.54) is 17.5 Å². The van der Waals surface area contributed by atoms with Gasteiger partial charge in [0.05, 0.1) is 24.6 Å². The van der Waals surface area contributed by atoms with Gasteiger partial charge in [-0.2, -0.15) is 5.26 Å². The first-order valence-corrected chi connectivity index (χ1v) is 10.0. The van der Waals surface area contributed by atoms with Gasteiger partial charge in [-0.1, -0.05) is 12.1 Å². The van der Waals surface area contributed by atoms with Gasteiger partial charge in [0.15, 0.2) is 11.5 Å². The van der Waals surface area contributed by atoms with E-state index in [0.29, 0.717) is 17.1 Å². The average molecular weight is 441 g/mol. The maximum Gasteiger partial charge on any atom is 0.205 e. The lowest BCUT2D eigenvalue weighted by Gasteiger charge is -2.30. The molecular formula is C22H21BrN2O3. The Morgan fingerprint density at radius 3 is 2.68 bits per heavy atom. The molecular weight excluding hydrogens is 420 g/mol. The van der Waals surface area contributed by atoms with Crippen molar-refractivity contribution in [3.63, 3.8) is 0 Å². The second-order valence-corrected chi connectivity index (χ2v) is 7.85. The van der Waals surface area contributed by atoms with Gasteiger partial charge in [0.2, 0.25) is 5.88 Å². The Balaban J connectivity index is 1.94. The van der Waals surface area contributed by atoms with E-state index in [4.69, 9.17) is 19.9 Å². The second-order valence-electron chi connectivity index (χ2n) is 6.99. The molecule has 0 fully saturated rings. The molecule has 0 spiro atoms. The molecule has 144 valence electrons. The predicted octanol–water partition coefficient (Wildman–Crippen LogP) is 4.56. The highest BCUT2D eigenvalue weighted by atomic mass is 79.9. The zero-order valence-electron chi connectivity index (χ0n) is 15.8. The standard InChI is InChI=1S/C22H21BrN2O3/c1-26-18-10-13(9-17(23)21(18)27-2)19-15-8-7-12-5-3-4-6-14(12)20(15)28-22(25)16(19)11-24/h7-10,19H,3-6,25H2,1-2H3. The van der Waals surface area contributed by atoms with Gasteiger partial charge in [-0.05, 0) is 70.4 Å². The molecule has 1 heterocycles. The van der Waals surface area contributed by atoms with E-state index >= 15 is 0 Å². The van der Waals surface area contributed by atoms with Crippen molar-refractivity contribution in [2.24, 2.45) is 5.73 Å². The fourth-order valence-corrected chi connectivity index (χ4v) is 4.81. The van der Waals surface area contributed by atoms with Crippen molar-refractivity contribution in [3.05, 3.63) is 62.4 Å². The molecule has 0 saturated carbocycles. The molecule has 2 N–H and O–H groups in total. The van der Waals surface area contributed by atoms with Gasteiger partial charge in [0.25, 0.3) is 0 Å². The second kappa shape index (κ2) is 7.40. The topological polar surface area (TPSA) is 77.5 Å². The summed E-state index contributed by atoms with van der Waals surface area (Å²) in [6.07, 6.45) is 4.34. The number of rotatable bonds is 3. The summed E-state index contributed by atoms with van der Waals surface area (Å²) >= 11 is 3.56. The summed E-state index contributed by atoms with van der Waals surface area (Å²) in [5.74, 6) is 1.86. The Kier molecular flexibility index (Phi) is 4.94. The Morgan fingerprint density at radius 1 is 1.18 bits per heavy atom. The molecule has 1 aliphatic carbocycles. The molecule has 1 unspecified atom stereocenters. The number of hydrogen-bond donors (Lipinski definition) is 1. The average Bonchev–Trinajstić information content (AvgIpc) is 2.72. The number of aryl methyl sites for hydroxylation is 1. The summed E-state index contributed by atoms with van der Waals surface area (Å²) in [5, 5.41) is 9.82. The molecule has 2 aliphatic rings. The van der Waals surface area contributed by atoms with Crippen molar-refractivity contribution >= 4 is 15.9 Å². The number of halogens is 1. The lowest BCUT2D eigenvalue weighted by atomic mass is 9.79. The van der Waals surface area contributed by atoms with Gasteiger partial charge >= 0.3 is 0 Å². The Hall–Kier alpha value is -2.65. The van der Waals surface area contributed by atoms with Gasteiger partial charge in [-0.3, -0.25) is 0 Å². The number of benzene rings is 2. The SMILES string of the molecule is COc1cc(C2C(C#N)=C(N)Oc3c2ccc2c3CCCC2)cc(Br)c1OC. The van der Waals surface area contributed by atoms with Crippen molar-refractivity contribution < 1.29 is 14.2 Å². The van der Waals surface area contributed by atoms with Crippen LogP contribution in [0, 0.1) is 11.3 Å². The normalized spacial score (nSPS) is 17.9. The van der Waals surface area contributed by atoms with E-state index in [9.17, 15) is 5.26 Å². The van der Waals surface area contributed by atoms with Gasteiger partial charge in [-0.25, -0.2) is 0 Å². The fourth-order valence-electron chi connectivity index (χ4n) is 4.19.